The van der Waals surface area contributed by atoms with Gasteiger partial charge in [0.1, 0.15) is 22.7 Å². The van der Waals surface area contributed by atoms with E-state index in [9.17, 15) is 14.7 Å². The summed E-state index contributed by atoms with van der Waals surface area (Å²) in [5.41, 5.74) is 3.11. The molecule has 0 radical (unpaired) electrons. The molecule has 1 amide bonds. The quantitative estimate of drug-likeness (QED) is 0.513. The number of rotatable bonds is 7. The van der Waals surface area contributed by atoms with E-state index in [1.807, 2.05) is 55.5 Å². The van der Waals surface area contributed by atoms with Crippen molar-refractivity contribution >= 4 is 46.3 Å². The van der Waals surface area contributed by atoms with E-state index in [0.717, 1.165) is 28.6 Å². The zero-order chi connectivity index (χ0) is 21.0. The molecule has 1 fully saturated rings. The average Bonchev–Trinajstić information content (AvgIpc) is 2.97. The van der Waals surface area contributed by atoms with Crippen LogP contribution >= 0.6 is 24.0 Å². The topological polar surface area (TPSA) is 66.8 Å². The van der Waals surface area contributed by atoms with Crippen molar-refractivity contribution < 1.29 is 19.4 Å². The van der Waals surface area contributed by atoms with Crippen molar-refractivity contribution in [2.75, 3.05) is 0 Å². The van der Waals surface area contributed by atoms with Gasteiger partial charge in [-0.3, -0.25) is 9.69 Å². The molecule has 0 bridgehead atoms. The molecule has 1 aliphatic rings. The molecule has 0 spiro atoms. The van der Waals surface area contributed by atoms with Crippen LogP contribution in [0.3, 0.4) is 0 Å². The van der Waals surface area contributed by atoms with Gasteiger partial charge in [-0.05, 0) is 42.7 Å². The summed E-state index contributed by atoms with van der Waals surface area (Å²) < 4.78 is 6.07. The van der Waals surface area contributed by atoms with Crippen LogP contribution in [-0.2, 0) is 16.2 Å². The second kappa shape index (κ2) is 9.24. The molecule has 2 aromatic rings. The molecule has 150 valence electrons. The molecule has 1 heterocycles. The first-order chi connectivity index (χ1) is 13.9. The lowest BCUT2D eigenvalue weighted by Crippen LogP contribution is -2.43. The first kappa shape index (κ1) is 21.1. The number of benzene rings is 2. The first-order valence-corrected chi connectivity index (χ1v) is 10.4. The zero-order valence-electron chi connectivity index (χ0n) is 16.1. The molecule has 5 nitrogen and oxygen atoms in total. The fourth-order valence-corrected chi connectivity index (χ4v) is 4.24. The van der Waals surface area contributed by atoms with E-state index in [1.165, 1.54) is 10.5 Å². The number of ether oxygens (including phenoxy) is 1. The number of aliphatic carboxylic acids is 1. The average molecular weight is 428 g/mol. The number of hydrogen-bond donors (Lipinski definition) is 1. The van der Waals surface area contributed by atoms with E-state index in [-0.39, 0.29) is 10.2 Å². The molecule has 1 atom stereocenters. The smallest absolute Gasteiger partial charge is 0.326 e. The van der Waals surface area contributed by atoms with Crippen LogP contribution in [0.25, 0.3) is 6.08 Å². The largest absolute Gasteiger partial charge is 0.489 e. The highest BCUT2D eigenvalue weighted by molar-refractivity contribution is 8.26. The van der Waals surface area contributed by atoms with Crippen molar-refractivity contribution in [2.24, 2.45) is 0 Å². The van der Waals surface area contributed by atoms with Gasteiger partial charge in [-0.1, -0.05) is 72.9 Å². The molecule has 0 saturated carbocycles. The molecule has 1 aliphatic heterocycles. The second-order valence-corrected chi connectivity index (χ2v) is 8.33. The number of carbonyl (C=O) groups is 2. The normalized spacial score (nSPS) is 16.3. The summed E-state index contributed by atoms with van der Waals surface area (Å²) in [6, 6.07) is 14.6. The third kappa shape index (κ3) is 5.05. The van der Waals surface area contributed by atoms with E-state index in [0.29, 0.717) is 17.9 Å². The monoisotopic (exact) mass is 427 g/mol. The second-order valence-electron chi connectivity index (χ2n) is 6.66. The van der Waals surface area contributed by atoms with Crippen molar-refractivity contribution in [2.45, 2.75) is 32.9 Å². The minimum absolute atomic E-state index is 0.272. The number of hydrogen-bond acceptors (Lipinski definition) is 5. The Balaban J connectivity index is 1.67. The molecule has 0 aliphatic carbocycles. The maximum atomic E-state index is 12.6. The van der Waals surface area contributed by atoms with Gasteiger partial charge in [-0.15, -0.1) is 0 Å². The molecule has 29 heavy (non-hydrogen) atoms. The minimum Gasteiger partial charge on any atom is -0.489 e. The van der Waals surface area contributed by atoms with Gasteiger partial charge < -0.3 is 9.84 Å². The predicted octanol–water partition coefficient (Wildman–Crippen LogP) is 4.64. The Hall–Kier alpha value is -2.64. The van der Waals surface area contributed by atoms with E-state index in [2.05, 4.69) is 0 Å². The highest BCUT2D eigenvalue weighted by Gasteiger charge is 2.39. The number of nitrogens with zero attached hydrogens (tertiary/aromatic N) is 1. The van der Waals surface area contributed by atoms with Gasteiger partial charge in [0.15, 0.2) is 0 Å². The number of aryl methyl sites for hydroxylation is 1. The molecule has 0 unspecified atom stereocenters. The standard InChI is InChI=1S/C22H21NO4S2/c1-3-18(21(25)26)23-20(24)19(29-22(23)28)12-15-8-10-17(11-9-15)27-13-16-6-4-14(2)5-7-16/h4-12,18H,3,13H2,1-2H3,(H,25,26)/b19-12-/t18-/m1/s1. The van der Waals surface area contributed by atoms with E-state index in [4.69, 9.17) is 17.0 Å². The summed E-state index contributed by atoms with van der Waals surface area (Å²) in [7, 11) is 0. The van der Waals surface area contributed by atoms with E-state index < -0.39 is 12.0 Å². The number of thiocarbonyl (C=S) groups is 1. The Bertz CT molecular complexity index is 952. The lowest BCUT2D eigenvalue weighted by atomic mass is 10.1. The van der Waals surface area contributed by atoms with Gasteiger partial charge in [-0.25, -0.2) is 4.79 Å². The third-order valence-corrected chi connectivity index (χ3v) is 5.84. The first-order valence-electron chi connectivity index (χ1n) is 9.17. The lowest BCUT2D eigenvalue weighted by molar-refractivity contribution is -0.145. The van der Waals surface area contributed by atoms with Gasteiger partial charge >= 0.3 is 5.97 Å². The van der Waals surface area contributed by atoms with Crippen LogP contribution in [0.2, 0.25) is 0 Å². The van der Waals surface area contributed by atoms with E-state index in [1.54, 1.807) is 13.0 Å². The molecule has 0 aromatic heterocycles. The van der Waals surface area contributed by atoms with Crippen molar-refractivity contribution in [3.63, 3.8) is 0 Å². The molecule has 2 aromatic carbocycles. The molecule has 1 N–H and O–H groups in total. The van der Waals surface area contributed by atoms with E-state index >= 15 is 0 Å². The molecular weight excluding hydrogens is 406 g/mol. The van der Waals surface area contributed by atoms with Crippen LogP contribution < -0.4 is 4.74 Å². The molecule has 1 saturated heterocycles. The SMILES string of the molecule is CC[C@H](C(=O)O)N1C(=O)/C(=C/c2ccc(OCc3ccc(C)cc3)cc2)SC1=S. The van der Waals surface area contributed by atoms with Crippen LogP contribution in [0.4, 0.5) is 0 Å². The van der Waals surface area contributed by atoms with Gasteiger partial charge in [0, 0.05) is 0 Å². The number of carboxylic acid groups (broad SMARTS) is 1. The van der Waals surface area contributed by atoms with Crippen molar-refractivity contribution in [3.05, 3.63) is 70.1 Å². The maximum absolute atomic E-state index is 12.6. The zero-order valence-corrected chi connectivity index (χ0v) is 17.8. The highest BCUT2D eigenvalue weighted by atomic mass is 32.2. The molecular formula is C22H21NO4S2. The Kier molecular flexibility index (Phi) is 6.71. The number of amides is 1. The number of thioether (sulfide) groups is 1. The van der Waals surface area contributed by atoms with Gasteiger partial charge in [0.2, 0.25) is 0 Å². The fraction of sp³-hybridized carbons (Fsp3) is 0.227. The summed E-state index contributed by atoms with van der Waals surface area (Å²) in [5.74, 6) is -0.693. The Morgan fingerprint density at radius 3 is 2.45 bits per heavy atom. The van der Waals surface area contributed by atoms with Crippen LogP contribution in [0, 0.1) is 6.92 Å². The van der Waals surface area contributed by atoms with Gasteiger partial charge in [-0.2, -0.15) is 0 Å². The van der Waals surface area contributed by atoms with Gasteiger partial charge in [0.05, 0.1) is 4.91 Å². The molecule has 3 rings (SSSR count). The summed E-state index contributed by atoms with van der Waals surface area (Å²) >= 11 is 6.35. The minimum atomic E-state index is -1.06. The Labute approximate surface area is 179 Å². The van der Waals surface area contributed by atoms with Gasteiger partial charge in [0.25, 0.3) is 5.91 Å². The molecule has 7 heteroatoms. The van der Waals surface area contributed by atoms with Crippen molar-refractivity contribution in [1.29, 1.82) is 0 Å². The predicted molar refractivity (Wildman–Crippen MR) is 119 cm³/mol. The Morgan fingerprint density at radius 2 is 1.86 bits per heavy atom. The lowest BCUT2D eigenvalue weighted by Gasteiger charge is -2.21. The fourth-order valence-electron chi connectivity index (χ4n) is 2.88. The summed E-state index contributed by atoms with van der Waals surface area (Å²) in [4.78, 5) is 25.6. The number of carbonyl (C=O) groups excluding carboxylic acids is 1. The number of carboxylic acids is 1. The Morgan fingerprint density at radius 1 is 1.21 bits per heavy atom. The summed E-state index contributed by atoms with van der Waals surface area (Å²) in [5, 5.41) is 9.33. The van der Waals surface area contributed by atoms with Crippen LogP contribution in [-0.4, -0.2) is 32.2 Å². The van der Waals surface area contributed by atoms with Crippen LogP contribution in [0.1, 0.15) is 30.0 Å². The van der Waals surface area contributed by atoms with Crippen LogP contribution in [0.5, 0.6) is 5.75 Å². The third-order valence-electron chi connectivity index (χ3n) is 4.51. The highest BCUT2D eigenvalue weighted by Crippen LogP contribution is 2.34. The van der Waals surface area contributed by atoms with Crippen molar-refractivity contribution in [1.82, 2.24) is 4.90 Å². The maximum Gasteiger partial charge on any atom is 0.326 e. The summed E-state index contributed by atoms with van der Waals surface area (Å²) in [6.45, 7) is 4.24. The van der Waals surface area contributed by atoms with Crippen molar-refractivity contribution in [3.8, 4) is 5.75 Å². The summed E-state index contributed by atoms with van der Waals surface area (Å²) in [6.07, 6.45) is 2.01. The van der Waals surface area contributed by atoms with Crippen LogP contribution in [0.15, 0.2) is 53.4 Å².